The molecule has 4 N–H and O–H groups in total. The Morgan fingerprint density at radius 2 is 1.28 bits per heavy atom. The second kappa shape index (κ2) is 12.1. The number of nitrogens with zero attached hydrogens (tertiary/aromatic N) is 1. The van der Waals surface area contributed by atoms with E-state index in [0.717, 1.165) is 50.1 Å². The molecule has 0 radical (unpaired) electrons. The highest BCUT2D eigenvalue weighted by Crippen LogP contribution is 2.37. The van der Waals surface area contributed by atoms with E-state index >= 15 is 0 Å². The molecule has 0 aliphatic carbocycles. The Kier molecular flexibility index (Phi) is 8.41. The third kappa shape index (κ3) is 6.22. The highest BCUT2D eigenvalue weighted by Gasteiger charge is 2.24. The van der Waals surface area contributed by atoms with Crippen LogP contribution in [0.4, 0.5) is 0 Å². The van der Waals surface area contributed by atoms with Crippen LogP contribution in [0, 0.1) is 0 Å². The molecule has 0 spiro atoms. The van der Waals surface area contributed by atoms with E-state index in [1.807, 2.05) is 36.4 Å². The van der Waals surface area contributed by atoms with Gasteiger partial charge in [0.25, 0.3) is 0 Å². The van der Waals surface area contributed by atoms with Gasteiger partial charge in [-0.05, 0) is 84.1 Å². The van der Waals surface area contributed by atoms with Crippen molar-refractivity contribution in [3.05, 3.63) is 123 Å². The van der Waals surface area contributed by atoms with E-state index in [2.05, 4.69) is 53.7 Å². The Hall–Kier alpha value is -3.51. The summed E-state index contributed by atoms with van der Waals surface area (Å²) in [6.45, 7) is 3.71. The third-order valence-corrected chi connectivity index (χ3v) is 8.08. The number of halogens is 1. The lowest BCUT2D eigenvalue weighted by Crippen LogP contribution is -2.24. The maximum Gasteiger partial charge on any atom is 0.157 e. The summed E-state index contributed by atoms with van der Waals surface area (Å²) in [5.41, 5.74) is 7.15. The van der Waals surface area contributed by atoms with Gasteiger partial charge in [0.1, 0.15) is 5.75 Å². The van der Waals surface area contributed by atoms with Crippen LogP contribution in [0.5, 0.6) is 17.2 Å². The number of benzene rings is 4. The van der Waals surface area contributed by atoms with Gasteiger partial charge in [0, 0.05) is 31.5 Å². The third-order valence-electron chi connectivity index (χ3n) is 7.78. The molecule has 0 saturated carbocycles. The zero-order chi connectivity index (χ0) is 27.4. The largest absolute Gasteiger partial charge is 0.506 e. The maximum atomic E-state index is 9.95. The van der Waals surface area contributed by atoms with Gasteiger partial charge in [0.15, 0.2) is 11.5 Å². The number of hydrogen-bond donors (Lipinski definition) is 4. The topological polar surface area (TPSA) is 76.0 Å². The van der Waals surface area contributed by atoms with Gasteiger partial charge >= 0.3 is 0 Å². The van der Waals surface area contributed by atoms with Crippen LogP contribution in [0.2, 0.25) is 5.02 Å². The van der Waals surface area contributed by atoms with Crippen LogP contribution in [-0.4, -0.2) is 53.4 Å². The number of fused-ring (bicyclic) bond motifs is 2. The number of nitrogens with one attached hydrogen (secondary N) is 1. The van der Waals surface area contributed by atoms with Crippen LogP contribution in [0.3, 0.4) is 0 Å². The molecule has 0 fully saturated rings. The van der Waals surface area contributed by atoms with E-state index in [1.54, 1.807) is 12.1 Å². The van der Waals surface area contributed by atoms with E-state index in [4.69, 9.17) is 11.6 Å². The fourth-order valence-corrected chi connectivity index (χ4v) is 5.87. The van der Waals surface area contributed by atoms with Crippen molar-refractivity contribution >= 4 is 11.6 Å². The summed E-state index contributed by atoms with van der Waals surface area (Å²) >= 11 is 6.07. The van der Waals surface area contributed by atoms with Crippen LogP contribution >= 0.6 is 11.6 Å². The van der Waals surface area contributed by atoms with Crippen molar-refractivity contribution < 1.29 is 15.3 Å². The minimum absolute atomic E-state index is 0.0348. The monoisotopic (exact) mass is 542 g/mol. The molecule has 0 bridgehead atoms. The van der Waals surface area contributed by atoms with Crippen LogP contribution in [0.15, 0.2) is 84.9 Å². The first-order chi connectivity index (χ1) is 18.9. The molecule has 0 aromatic heterocycles. The quantitative estimate of drug-likeness (QED) is 0.232. The van der Waals surface area contributed by atoms with Crippen molar-refractivity contribution in [2.24, 2.45) is 0 Å². The fraction of sp³-hybridized carbons (Fsp3) is 0.273. The Bertz CT molecular complexity index is 1410. The average molecular weight is 543 g/mol. The summed E-state index contributed by atoms with van der Waals surface area (Å²) in [4.78, 5) is 2.34. The van der Waals surface area contributed by atoms with Crippen LogP contribution in [-0.2, 0) is 12.8 Å². The standard InChI is InChI=1S/C17H18ClNO.C16H17NO2/c1-19-8-7-13-9-16(18)17(20)10-14(13)15(11-19)12-5-3-2-4-6-12;18-15-8-12-6-7-17-10-14(13(12)9-16(15)19)11-4-2-1-3-5-11/h2-6,9-10,15,20H,7-8,11H2,1H3;1-5,8-9,14,17-19H,6-7,10H2/t15-;/m1./s1. The molecule has 6 heteroatoms. The van der Waals surface area contributed by atoms with Crippen LogP contribution in [0.25, 0.3) is 0 Å². The first kappa shape index (κ1) is 27.1. The van der Waals surface area contributed by atoms with Gasteiger partial charge in [0.2, 0.25) is 0 Å². The van der Waals surface area contributed by atoms with Crippen molar-refractivity contribution in [1.29, 1.82) is 0 Å². The lowest BCUT2D eigenvalue weighted by Gasteiger charge is -2.22. The smallest absolute Gasteiger partial charge is 0.157 e. The van der Waals surface area contributed by atoms with E-state index in [0.29, 0.717) is 5.02 Å². The van der Waals surface area contributed by atoms with Crippen molar-refractivity contribution in [2.75, 3.05) is 33.2 Å². The van der Waals surface area contributed by atoms with Gasteiger partial charge in [-0.2, -0.15) is 0 Å². The Morgan fingerprint density at radius 3 is 1.97 bits per heavy atom. The predicted octanol–water partition coefficient (Wildman–Crippen LogP) is 6.04. The van der Waals surface area contributed by atoms with Gasteiger partial charge in [-0.3, -0.25) is 0 Å². The van der Waals surface area contributed by atoms with Gasteiger partial charge < -0.3 is 25.5 Å². The number of aromatic hydroxyl groups is 3. The summed E-state index contributed by atoms with van der Waals surface area (Å²) in [6.07, 6.45) is 1.83. The van der Waals surface area contributed by atoms with Crippen molar-refractivity contribution in [3.8, 4) is 17.2 Å². The highest BCUT2D eigenvalue weighted by molar-refractivity contribution is 6.32. The second-order valence-electron chi connectivity index (χ2n) is 10.4. The number of rotatable bonds is 2. The molecule has 2 heterocycles. The lowest BCUT2D eigenvalue weighted by molar-refractivity contribution is 0.338. The van der Waals surface area contributed by atoms with E-state index in [-0.39, 0.29) is 29.1 Å². The van der Waals surface area contributed by atoms with E-state index < -0.39 is 0 Å². The molecule has 1 unspecified atom stereocenters. The van der Waals surface area contributed by atoms with Crippen LogP contribution in [0.1, 0.15) is 45.2 Å². The summed E-state index contributed by atoms with van der Waals surface area (Å²) in [7, 11) is 2.14. The van der Waals surface area contributed by atoms with Crippen molar-refractivity contribution in [3.63, 3.8) is 0 Å². The molecule has 202 valence electrons. The van der Waals surface area contributed by atoms with Crippen molar-refractivity contribution in [2.45, 2.75) is 24.7 Å². The second-order valence-corrected chi connectivity index (χ2v) is 10.8. The number of hydrogen-bond acceptors (Lipinski definition) is 5. The summed E-state index contributed by atoms with van der Waals surface area (Å²) in [5, 5.41) is 33.2. The lowest BCUT2D eigenvalue weighted by atomic mass is 9.88. The molecule has 6 rings (SSSR count). The van der Waals surface area contributed by atoms with Gasteiger partial charge in [-0.15, -0.1) is 0 Å². The van der Waals surface area contributed by atoms with Crippen molar-refractivity contribution in [1.82, 2.24) is 10.2 Å². The van der Waals surface area contributed by atoms with Gasteiger partial charge in [-0.25, -0.2) is 0 Å². The average Bonchev–Trinajstić information content (AvgIpc) is 3.25. The predicted molar refractivity (Wildman–Crippen MR) is 157 cm³/mol. The SMILES string of the molecule is CN1CCc2cc(Cl)c(O)cc2[C@@H](c2ccccc2)C1.Oc1cc2c(cc1O)C(c1ccccc1)CNCC2. The molecular weight excluding hydrogens is 508 g/mol. The van der Waals surface area contributed by atoms with Crippen LogP contribution < -0.4 is 5.32 Å². The zero-order valence-corrected chi connectivity index (χ0v) is 22.9. The number of phenolic OH excluding ortho intramolecular Hbond substituents is 3. The minimum atomic E-state index is -0.0402. The molecule has 2 aliphatic rings. The highest BCUT2D eigenvalue weighted by atomic mass is 35.5. The Balaban J connectivity index is 0.000000158. The molecule has 2 aliphatic heterocycles. The van der Waals surface area contributed by atoms with E-state index in [1.165, 1.54) is 22.3 Å². The van der Waals surface area contributed by atoms with E-state index in [9.17, 15) is 15.3 Å². The molecule has 4 aromatic carbocycles. The van der Waals surface area contributed by atoms with Gasteiger partial charge in [0.05, 0.1) is 5.02 Å². The molecular formula is C33H35ClN2O3. The molecule has 4 aromatic rings. The Labute approximate surface area is 235 Å². The first-order valence-electron chi connectivity index (χ1n) is 13.5. The molecule has 0 saturated heterocycles. The Morgan fingerprint density at radius 1 is 0.718 bits per heavy atom. The maximum absolute atomic E-state index is 9.95. The normalized spacial score (nSPS) is 19.0. The summed E-state index contributed by atoms with van der Waals surface area (Å²) in [6, 6.07) is 27.9. The minimum Gasteiger partial charge on any atom is -0.506 e. The fourth-order valence-electron chi connectivity index (χ4n) is 5.68. The molecule has 5 nitrogen and oxygen atoms in total. The zero-order valence-electron chi connectivity index (χ0n) is 22.1. The number of phenols is 3. The van der Waals surface area contributed by atoms with Gasteiger partial charge in [-0.1, -0.05) is 72.3 Å². The molecule has 0 amide bonds. The molecule has 39 heavy (non-hydrogen) atoms. The molecule has 2 atom stereocenters. The first-order valence-corrected chi connectivity index (χ1v) is 13.8. The summed E-state index contributed by atoms with van der Waals surface area (Å²) in [5.74, 6) is 0.594. The summed E-state index contributed by atoms with van der Waals surface area (Å²) < 4.78 is 0. The number of likely N-dealkylation sites (N-methyl/N-ethyl adjacent to an activating group) is 1.